The zero-order chi connectivity index (χ0) is 25.1. The van der Waals surface area contributed by atoms with Gasteiger partial charge in [0.05, 0.1) is 11.0 Å². The molecule has 0 radical (unpaired) electrons. The van der Waals surface area contributed by atoms with Crippen molar-refractivity contribution >= 4 is 35.0 Å². The maximum atomic E-state index is 11.8. The molecule has 0 unspecified atom stereocenters. The summed E-state index contributed by atoms with van der Waals surface area (Å²) in [6.45, 7) is 5.54. The van der Waals surface area contributed by atoms with Crippen molar-refractivity contribution in [2.75, 3.05) is 18.0 Å². The van der Waals surface area contributed by atoms with Gasteiger partial charge in [-0.3, -0.25) is 14.9 Å². The summed E-state index contributed by atoms with van der Waals surface area (Å²) in [7, 11) is 0. The Morgan fingerprint density at radius 3 is 2.69 bits per heavy atom. The molecule has 2 aromatic heterocycles. The summed E-state index contributed by atoms with van der Waals surface area (Å²) in [6, 6.07) is 9.32. The number of carbonyl (C=O) groups excluding carboxylic acids is 2. The first-order valence-corrected chi connectivity index (χ1v) is 12.3. The highest BCUT2D eigenvalue weighted by Gasteiger charge is 2.26. The van der Waals surface area contributed by atoms with Crippen molar-refractivity contribution in [1.82, 2.24) is 25.4 Å². The highest BCUT2D eigenvalue weighted by Crippen LogP contribution is 2.29. The van der Waals surface area contributed by atoms with Gasteiger partial charge in [0.25, 0.3) is 11.1 Å². The number of carbonyl (C=O) groups is 2. The van der Waals surface area contributed by atoms with E-state index in [1.165, 1.54) is 6.33 Å². The molecule has 5 rings (SSSR count). The van der Waals surface area contributed by atoms with Gasteiger partial charge in [-0.1, -0.05) is 31.1 Å². The number of thioether (sulfide) groups is 1. The Hall–Kier alpha value is -3.93. The molecule has 4 heterocycles. The summed E-state index contributed by atoms with van der Waals surface area (Å²) in [5, 5.41) is 5.89. The van der Waals surface area contributed by atoms with E-state index in [9.17, 15) is 9.59 Å². The Labute approximate surface area is 211 Å². The first-order valence-electron chi connectivity index (χ1n) is 11.5. The molecule has 2 aliphatic rings. The van der Waals surface area contributed by atoms with E-state index in [0.29, 0.717) is 34.3 Å². The molecule has 36 heavy (non-hydrogen) atoms. The number of imide groups is 1. The number of ether oxygens (including phenoxy) is 2. The van der Waals surface area contributed by atoms with E-state index < -0.39 is 5.91 Å². The SMILES string of the molecule is CC(C)c1noc(N2CCC(Oc3cc(Oc4cccc(/C=C5/SC(=O)NC5=O)c4)ncn3)CC2)n1. The number of nitrogens with one attached hydrogen (secondary N) is 1. The number of anilines is 1. The van der Waals surface area contributed by atoms with Crippen molar-refractivity contribution in [3.8, 4) is 17.5 Å². The third kappa shape index (κ3) is 5.65. The van der Waals surface area contributed by atoms with Crippen molar-refractivity contribution in [2.45, 2.75) is 38.7 Å². The highest BCUT2D eigenvalue weighted by molar-refractivity contribution is 8.18. The molecular formula is C24H24N6O5S. The van der Waals surface area contributed by atoms with Gasteiger partial charge >= 0.3 is 6.01 Å². The largest absolute Gasteiger partial charge is 0.474 e. The fourth-order valence-corrected chi connectivity index (χ4v) is 4.41. The maximum absolute atomic E-state index is 11.8. The number of benzene rings is 1. The van der Waals surface area contributed by atoms with E-state index in [4.69, 9.17) is 14.0 Å². The van der Waals surface area contributed by atoms with E-state index in [2.05, 4.69) is 30.3 Å². The molecule has 12 heteroatoms. The predicted octanol–water partition coefficient (Wildman–Crippen LogP) is 4.15. The van der Waals surface area contributed by atoms with Crippen molar-refractivity contribution in [1.29, 1.82) is 0 Å². The molecule has 11 nitrogen and oxygen atoms in total. The molecule has 2 saturated heterocycles. The lowest BCUT2D eigenvalue weighted by molar-refractivity contribution is -0.115. The number of rotatable bonds is 7. The van der Waals surface area contributed by atoms with Crippen LogP contribution in [0.5, 0.6) is 17.5 Å². The fourth-order valence-electron chi connectivity index (χ4n) is 3.73. The normalized spacial score (nSPS) is 17.6. The minimum Gasteiger partial charge on any atom is -0.474 e. The first kappa shape index (κ1) is 23.8. The maximum Gasteiger partial charge on any atom is 0.324 e. The third-order valence-electron chi connectivity index (χ3n) is 5.58. The van der Waals surface area contributed by atoms with Crippen LogP contribution in [-0.4, -0.2) is 50.4 Å². The van der Waals surface area contributed by atoms with Gasteiger partial charge in [-0.2, -0.15) is 4.98 Å². The van der Waals surface area contributed by atoms with E-state index in [1.54, 1.807) is 30.3 Å². The monoisotopic (exact) mass is 508 g/mol. The molecule has 2 amide bonds. The zero-order valence-electron chi connectivity index (χ0n) is 19.7. The third-order valence-corrected chi connectivity index (χ3v) is 6.40. The minimum atomic E-state index is -0.405. The zero-order valence-corrected chi connectivity index (χ0v) is 20.5. The van der Waals surface area contributed by atoms with Gasteiger partial charge in [-0.25, -0.2) is 9.97 Å². The summed E-state index contributed by atoms with van der Waals surface area (Å²) in [4.78, 5) is 38.4. The molecule has 0 spiro atoms. The Morgan fingerprint density at radius 2 is 1.97 bits per heavy atom. The van der Waals surface area contributed by atoms with E-state index in [0.717, 1.165) is 43.3 Å². The minimum absolute atomic E-state index is 0.00999. The van der Waals surface area contributed by atoms with Crippen LogP contribution in [0.25, 0.3) is 6.08 Å². The Balaban J connectivity index is 1.18. The first-order chi connectivity index (χ1) is 17.4. The van der Waals surface area contributed by atoms with E-state index in [1.807, 2.05) is 19.9 Å². The lowest BCUT2D eigenvalue weighted by Gasteiger charge is -2.30. The van der Waals surface area contributed by atoms with Crippen molar-refractivity contribution in [3.63, 3.8) is 0 Å². The van der Waals surface area contributed by atoms with Gasteiger partial charge in [0.1, 0.15) is 18.2 Å². The second-order valence-corrected chi connectivity index (χ2v) is 9.63. The molecule has 3 aromatic rings. The predicted molar refractivity (Wildman–Crippen MR) is 132 cm³/mol. The molecule has 0 saturated carbocycles. The van der Waals surface area contributed by atoms with Crippen LogP contribution in [-0.2, 0) is 4.79 Å². The van der Waals surface area contributed by atoms with Crippen molar-refractivity contribution < 1.29 is 23.6 Å². The van der Waals surface area contributed by atoms with Crippen LogP contribution in [0.15, 0.2) is 46.1 Å². The van der Waals surface area contributed by atoms with Gasteiger partial charge in [-0.15, -0.1) is 0 Å². The van der Waals surface area contributed by atoms with Crippen LogP contribution >= 0.6 is 11.8 Å². The van der Waals surface area contributed by atoms with Gasteiger partial charge in [-0.05, 0) is 35.5 Å². The second kappa shape index (κ2) is 10.4. The molecule has 186 valence electrons. The van der Waals surface area contributed by atoms with Gasteiger partial charge in [0, 0.05) is 31.8 Å². The summed E-state index contributed by atoms with van der Waals surface area (Å²) < 4.78 is 17.4. The second-order valence-electron chi connectivity index (χ2n) is 8.62. The number of nitrogens with zero attached hydrogens (tertiary/aromatic N) is 5. The Morgan fingerprint density at radius 1 is 1.17 bits per heavy atom. The quantitative estimate of drug-likeness (QED) is 0.462. The van der Waals surface area contributed by atoms with Crippen LogP contribution in [0, 0.1) is 0 Å². The average Bonchev–Trinajstić information content (AvgIpc) is 3.47. The lowest BCUT2D eigenvalue weighted by atomic mass is 10.1. The molecule has 1 aromatic carbocycles. The fraction of sp³-hybridized carbons (Fsp3) is 0.333. The molecule has 0 atom stereocenters. The van der Waals surface area contributed by atoms with Crippen LogP contribution in [0.1, 0.15) is 44.0 Å². The number of aromatic nitrogens is 4. The summed E-state index contributed by atoms with van der Waals surface area (Å²) in [5.74, 6) is 1.80. The van der Waals surface area contributed by atoms with Crippen molar-refractivity contribution in [3.05, 3.63) is 53.0 Å². The molecule has 0 aliphatic carbocycles. The molecular weight excluding hydrogens is 484 g/mol. The van der Waals surface area contributed by atoms with Crippen LogP contribution in [0.3, 0.4) is 0 Å². The van der Waals surface area contributed by atoms with Crippen molar-refractivity contribution in [2.24, 2.45) is 0 Å². The number of amides is 2. The molecule has 0 bridgehead atoms. The van der Waals surface area contributed by atoms with Gasteiger partial charge < -0.3 is 18.9 Å². The van der Waals surface area contributed by atoms with Gasteiger partial charge in [0.15, 0.2) is 5.82 Å². The topological polar surface area (TPSA) is 133 Å². The number of hydrogen-bond acceptors (Lipinski definition) is 11. The summed E-state index contributed by atoms with van der Waals surface area (Å²) in [6.07, 6.45) is 4.58. The summed E-state index contributed by atoms with van der Waals surface area (Å²) in [5.41, 5.74) is 0.721. The Kier molecular flexibility index (Phi) is 6.85. The van der Waals surface area contributed by atoms with E-state index >= 15 is 0 Å². The number of piperidine rings is 1. The standard InChI is InChI=1S/C24H24N6O5S/c1-14(2)21-27-23(35-29-21)30-8-6-16(7-9-30)33-19-12-20(26-13-25-19)34-17-5-3-4-15(10-17)11-18-22(31)28-24(32)36-18/h3-5,10-14,16H,6-9H2,1-2H3,(H,28,31,32)/b18-11+. The van der Waals surface area contributed by atoms with Gasteiger partial charge in [0.2, 0.25) is 11.8 Å². The lowest BCUT2D eigenvalue weighted by Crippen LogP contribution is -2.38. The Bertz CT molecular complexity index is 1300. The summed E-state index contributed by atoms with van der Waals surface area (Å²) >= 11 is 0.866. The molecule has 1 N–H and O–H groups in total. The number of hydrogen-bond donors (Lipinski definition) is 1. The van der Waals surface area contributed by atoms with Crippen LogP contribution < -0.4 is 19.7 Å². The van der Waals surface area contributed by atoms with E-state index in [-0.39, 0.29) is 17.3 Å². The average molecular weight is 509 g/mol. The molecule has 2 fully saturated rings. The van der Waals surface area contributed by atoms with Crippen LogP contribution in [0.2, 0.25) is 0 Å². The highest BCUT2D eigenvalue weighted by atomic mass is 32.2. The molecule has 2 aliphatic heterocycles. The smallest absolute Gasteiger partial charge is 0.324 e. The van der Waals surface area contributed by atoms with Crippen LogP contribution in [0.4, 0.5) is 10.8 Å².